The number of hydrogen-bond donors (Lipinski definition) is 1. The van der Waals surface area contributed by atoms with Crippen LogP contribution >= 0.6 is 0 Å². The summed E-state index contributed by atoms with van der Waals surface area (Å²) in [6.07, 6.45) is 0.882. The Morgan fingerprint density at radius 1 is 1.27 bits per heavy atom. The molecule has 1 N–H and O–H groups in total. The van der Waals surface area contributed by atoms with Gasteiger partial charge in [-0.15, -0.1) is 0 Å². The number of ether oxygens (including phenoxy) is 1. The maximum absolute atomic E-state index is 9.60. The number of hydrogen-bond acceptors (Lipinski definition) is 4. The normalized spacial score (nSPS) is 21.7. The largest absolute Gasteiger partial charge is 0.492 e. The van der Waals surface area contributed by atoms with Crippen LogP contribution in [0.1, 0.15) is 25.8 Å². The number of piperazine rings is 1. The zero-order valence-electron chi connectivity index (χ0n) is 14.2. The molecular weight excluding hydrogens is 276 g/mol. The molecule has 22 heavy (non-hydrogen) atoms. The molecule has 0 bridgehead atoms. The number of benzene rings is 1. The lowest BCUT2D eigenvalue weighted by atomic mass is 10.1. The average Bonchev–Trinajstić information content (AvgIpc) is 2.50. The number of nitrogens with zero attached hydrogens (tertiary/aromatic N) is 2. The fourth-order valence-corrected chi connectivity index (χ4v) is 3.05. The number of aryl methyl sites for hydroxylation is 1. The van der Waals surface area contributed by atoms with Crippen molar-refractivity contribution in [3.8, 4) is 5.75 Å². The summed E-state index contributed by atoms with van der Waals surface area (Å²) in [7, 11) is 0. The highest BCUT2D eigenvalue weighted by molar-refractivity contribution is 5.26. The van der Waals surface area contributed by atoms with E-state index in [1.165, 1.54) is 5.56 Å². The first-order chi connectivity index (χ1) is 10.6. The first-order valence-electron chi connectivity index (χ1n) is 8.42. The molecule has 2 unspecified atom stereocenters. The predicted octanol–water partition coefficient (Wildman–Crippen LogP) is 2.15. The molecule has 4 nitrogen and oxygen atoms in total. The predicted molar refractivity (Wildman–Crippen MR) is 90.4 cm³/mol. The molecule has 2 rings (SSSR count). The Labute approximate surface area is 134 Å². The second kappa shape index (κ2) is 8.51. The maximum atomic E-state index is 9.60. The minimum atomic E-state index is -0.245. The van der Waals surface area contributed by atoms with Crippen LogP contribution in [0.2, 0.25) is 0 Å². The molecule has 1 aliphatic rings. The van der Waals surface area contributed by atoms with E-state index in [-0.39, 0.29) is 6.10 Å². The van der Waals surface area contributed by atoms with Crippen molar-refractivity contribution >= 4 is 0 Å². The Hall–Kier alpha value is -1.10. The van der Waals surface area contributed by atoms with Gasteiger partial charge >= 0.3 is 0 Å². The van der Waals surface area contributed by atoms with Gasteiger partial charge in [-0.1, -0.05) is 24.6 Å². The third kappa shape index (κ3) is 5.27. The minimum Gasteiger partial charge on any atom is -0.492 e. The van der Waals surface area contributed by atoms with Gasteiger partial charge in [0.2, 0.25) is 0 Å². The van der Waals surface area contributed by atoms with E-state index in [0.717, 1.165) is 51.5 Å². The summed E-state index contributed by atoms with van der Waals surface area (Å²) in [5.74, 6) is 0.949. The standard InChI is InChI=1S/C18H30N2O2/c1-4-17-14-19(9-10-20(17)13-16(3)21)11-12-22-18-7-5-15(2)6-8-18/h5-8,16-17,21H,4,9-14H2,1-3H3. The van der Waals surface area contributed by atoms with Gasteiger partial charge in [0, 0.05) is 38.8 Å². The average molecular weight is 306 g/mol. The molecule has 0 radical (unpaired) electrons. The Morgan fingerprint density at radius 3 is 2.64 bits per heavy atom. The molecule has 1 aliphatic heterocycles. The van der Waals surface area contributed by atoms with Crippen molar-refractivity contribution in [1.29, 1.82) is 0 Å². The van der Waals surface area contributed by atoms with E-state index in [2.05, 4.69) is 35.8 Å². The van der Waals surface area contributed by atoms with Crippen LogP contribution in [-0.2, 0) is 0 Å². The lowest BCUT2D eigenvalue weighted by Crippen LogP contribution is -2.55. The Bertz CT molecular complexity index is 433. The fraction of sp³-hybridized carbons (Fsp3) is 0.667. The molecule has 0 spiro atoms. The van der Waals surface area contributed by atoms with Crippen LogP contribution in [0.5, 0.6) is 5.75 Å². The lowest BCUT2D eigenvalue weighted by molar-refractivity contribution is 0.0322. The van der Waals surface area contributed by atoms with Crippen molar-refractivity contribution in [3.63, 3.8) is 0 Å². The van der Waals surface area contributed by atoms with Crippen molar-refractivity contribution in [1.82, 2.24) is 9.80 Å². The molecule has 1 saturated heterocycles. The monoisotopic (exact) mass is 306 g/mol. The molecule has 1 fully saturated rings. The maximum Gasteiger partial charge on any atom is 0.119 e. The second-order valence-corrected chi connectivity index (χ2v) is 6.37. The molecule has 1 aromatic rings. The summed E-state index contributed by atoms with van der Waals surface area (Å²) >= 11 is 0. The van der Waals surface area contributed by atoms with Crippen molar-refractivity contribution in [2.45, 2.75) is 39.3 Å². The van der Waals surface area contributed by atoms with Gasteiger partial charge in [0.15, 0.2) is 0 Å². The van der Waals surface area contributed by atoms with E-state index in [1.54, 1.807) is 0 Å². The van der Waals surface area contributed by atoms with Crippen LogP contribution in [0, 0.1) is 6.92 Å². The van der Waals surface area contributed by atoms with E-state index in [4.69, 9.17) is 4.74 Å². The van der Waals surface area contributed by atoms with E-state index in [1.807, 2.05) is 19.1 Å². The van der Waals surface area contributed by atoms with Gasteiger partial charge in [-0.3, -0.25) is 9.80 Å². The lowest BCUT2D eigenvalue weighted by Gasteiger charge is -2.41. The smallest absolute Gasteiger partial charge is 0.119 e. The zero-order valence-corrected chi connectivity index (χ0v) is 14.2. The Balaban J connectivity index is 1.74. The highest BCUT2D eigenvalue weighted by atomic mass is 16.5. The molecule has 0 aliphatic carbocycles. The number of β-amino-alcohol motifs (C(OH)–C–C–N with tert-alkyl or cyclic N) is 1. The van der Waals surface area contributed by atoms with Crippen LogP contribution in [-0.4, -0.2) is 66.4 Å². The second-order valence-electron chi connectivity index (χ2n) is 6.37. The van der Waals surface area contributed by atoms with Crippen LogP contribution in [0.4, 0.5) is 0 Å². The van der Waals surface area contributed by atoms with Gasteiger partial charge in [0.25, 0.3) is 0 Å². The van der Waals surface area contributed by atoms with E-state index < -0.39 is 0 Å². The SMILES string of the molecule is CCC1CN(CCOc2ccc(C)cc2)CCN1CC(C)O. The van der Waals surface area contributed by atoms with Gasteiger partial charge in [-0.25, -0.2) is 0 Å². The molecule has 0 amide bonds. The van der Waals surface area contributed by atoms with Gasteiger partial charge in [0.05, 0.1) is 6.10 Å². The quantitative estimate of drug-likeness (QED) is 0.837. The fourth-order valence-electron chi connectivity index (χ4n) is 3.05. The molecule has 124 valence electrons. The summed E-state index contributed by atoms with van der Waals surface area (Å²) in [5.41, 5.74) is 1.26. The molecular formula is C18H30N2O2. The first-order valence-corrected chi connectivity index (χ1v) is 8.42. The highest BCUT2D eigenvalue weighted by Gasteiger charge is 2.26. The third-order valence-corrected chi connectivity index (χ3v) is 4.36. The van der Waals surface area contributed by atoms with Crippen LogP contribution < -0.4 is 4.74 Å². The highest BCUT2D eigenvalue weighted by Crippen LogP contribution is 2.14. The van der Waals surface area contributed by atoms with Crippen molar-refractivity contribution in [2.24, 2.45) is 0 Å². The minimum absolute atomic E-state index is 0.245. The van der Waals surface area contributed by atoms with E-state index in [0.29, 0.717) is 6.04 Å². The number of aliphatic hydroxyl groups is 1. The Kier molecular flexibility index (Phi) is 6.68. The molecule has 2 atom stereocenters. The molecule has 4 heteroatoms. The molecule has 0 saturated carbocycles. The topological polar surface area (TPSA) is 35.9 Å². The van der Waals surface area contributed by atoms with E-state index >= 15 is 0 Å². The summed E-state index contributed by atoms with van der Waals surface area (Å²) in [5, 5.41) is 9.60. The summed E-state index contributed by atoms with van der Waals surface area (Å²) < 4.78 is 5.83. The molecule has 1 aromatic carbocycles. The zero-order chi connectivity index (χ0) is 15.9. The van der Waals surface area contributed by atoms with Gasteiger partial charge < -0.3 is 9.84 Å². The van der Waals surface area contributed by atoms with E-state index in [9.17, 15) is 5.11 Å². The van der Waals surface area contributed by atoms with Crippen LogP contribution in [0.3, 0.4) is 0 Å². The Morgan fingerprint density at radius 2 is 2.00 bits per heavy atom. The summed E-state index contributed by atoms with van der Waals surface area (Å²) in [6, 6.07) is 8.77. The van der Waals surface area contributed by atoms with Gasteiger partial charge in [-0.05, 0) is 32.4 Å². The van der Waals surface area contributed by atoms with Crippen LogP contribution in [0.15, 0.2) is 24.3 Å². The van der Waals surface area contributed by atoms with Crippen molar-refractivity contribution in [3.05, 3.63) is 29.8 Å². The summed E-state index contributed by atoms with van der Waals surface area (Å²) in [6.45, 7) is 11.8. The van der Waals surface area contributed by atoms with Gasteiger partial charge in [-0.2, -0.15) is 0 Å². The van der Waals surface area contributed by atoms with Crippen molar-refractivity contribution in [2.75, 3.05) is 39.3 Å². The first kappa shape index (κ1) is 17.3. The molecule has 1 heterocycles. The summed E-state index contributed by atoms with van der Waals surface area (Å²) in [4.78, 5) is 4.89. The number of rotatable bonds is 7. The van der Waals surface area contributed by atoms with Gasteiger partial charge in [0.1, 0.15) is 12.4 Å². The number of aliphatic hydroxyl groups excluding tert-OH is 1. The molecule has 0 aromatic heterocycles. The van der Waals surface area contributed by atoms with Crippen LogP contribution in [0.25, 0.3) is 0 Å². The third-order valence-electron chi connectivity index (χ3n) is 4.36. The van der Waals surface area contributed by atoms with Crippen molar-refractivity contribution < 1.29 is 9.84 Å².